The van der Waals surface area contributed by atoms with E-state index < -0.39 is 12.0 Å². The molecule has 1 aliphatic carbocycles. The fraction of sp³-hybridized carbons (Fsp3) is 0.435. The highest BCUT2D eigenvalue weighted by Gasteiger charge is 2.40. The molecule has 0 bridgehead atoms. The van der Waals surface area contributed by atoms with Crippen LogP contribution >= 0.6 is 11.3 Å². The fourth-order valence-corrected chi connectivity index (χ4v) is 5.81. The largest absolute Gasteiger partial charge is 0.480 e. The van der Waals surface area contributed by atoms with Crippen molar-refractivity contribution in [2.45, 2.75) is 49.7 Å². The van der Waals surface area contributed by atoms with Crippen LogP contribution in [0.25, 0.3) is 10.9 Å². The monoisotopic (exact) mass is 411 g/mol. The standard InChI is InChI=1S/C23H29N3O2S/c1-26(2)23(21-8-5-13-29-21)11-9-17(10-12-23)25-20(22(27)28)14-16-15-24-19-7-4-3-6-18(16)19/h3-8,13,15,17,20,24-25H,9-12,14H2,1-2H3,(H,27,28)/t17?,20-,23?/m0/s1. The molecule has 0 amide bonds. The molecular formula is C23H29N3O2S. The number of hydrogen-bond donors (Lipinski definition) is 3. The van der Waals surface area contributed by atoms with Crippen molar-refractivity contribution in [3.63, 3.8) is 0 Å². The fourth-order valence-electron chi connectivity index (χ4n) is 4.74. The molecule has 2 heterocycles. The van der Waals surface area contributed by atoms with Gasteiger partial charge in [0.25, 0.3) is 0 Å². The van der Waals surface area contributed by atoms with Gasteiger partial charge in [-0.1, -0.05) is 24.3 Å². The van der Waals surface area contributed by atoms with Gasteiger partial charge < -0.3 is 15.4 Å². The first-order chi connectivity index (χ1) is 14.0. The van der Waals surface area contributed by atoms with Crippen molar-refractivity contribution in [3.05, 3.63) is 58.4 Å². The van der Waals surface area contributed by atoms with Crippen molar-refractivity contribution >= 4 is 28.2 Å². The van der Waals surface area contributed by atoms with Crippen molar-refractivity contribution < 1.29 is 9.90 Å². The molecule has 0 radical (unpaired) electrons. The lowest BCUT2D eigenvalue weighted by atomic mass is 9.77. The van der Waals surface area contributed by atoms with E-state index in [2.05, 4.69) is 46.8 Å². The highest BCUT2D eigenvalue weighted by Crippen LogP contribution is 2.43. The molecule has 0 saturated heterocycles. The number of rotatable bonds is 7. The van der Waals surface area contributed by atoms with Gasteiger partial charge >= 0.3 is 5.97 Å². The molecule has 4 rings (SSSR count). The van der Waals surface area contributed by atoms with E-state index in [0.29, 0.717) is 6.42 Å². The second-order valence-corrected chi connectivity index (χ2v) is 9.25. The van der Waals surface area contributed by atoms with Gasteiger partial charge in [0.05, 0.1) is 5.54 Å². The van der Waals surface area contributed by atoms with Gasteiger partial charge in [0, 0.05) is 34.4 Å². The first kappa shape index (κ1) is 20.1. The summed E-state index contributed by atoms with van der Waals surface area (Å²) in [6.45, 7) is 0. The molecule has 6 heteroatoms. The number of aromatic nitrogens is 1. The van der Waals surface area contributed by atoms with Gasteiger partial charge in [-0.3, -0.25) is 9.69 Å². The number of fused-ring (bicyclic) bond motifs is 1. The highest BCUT2D eigenvalue weighted by molar-refractivity contribution is 7.10. The Morgan fingerprint density at radius 3 is 2.69 bits per heavy atom. The van der Waals surface area contributed by atoms with E-state index in [1.54, 1.807) is 0 Å². The SMILES string of the molecule is CN(C)C1(c2cccs2)CCC(N[C@@H](Cc2c[nH]c3ccccc23)C(=O)O)CC1. The Kier molecular flexibility index (Phi) is 5.76. The summed E-state index contributed by atoms with van der Waals surface area (Å²) in [6.07, 6.45) is 6.47. The van der Waals surface area contributed by atoms with Gasteiger partial charge in [-0.2, -0.15) is 0 Å². The summed E-state index contributed by atoms with van der Waals surface area (Å²) in [5, 5.41) is 16.5. The lowest BCUT2D eigenvalue weighted by Gasteiger charge is -2.45. The molecule has 2 aromatic heterocycles. The zero-order valence-electron chi connectivity index (χ0n) is 17.0. The maximum atomic E-state index is 12.0. The second kappa shape index (κ2) is 8.30. The molecule has 1 aliphatic rings. The third-order valence-corrected chi connectivity index (χ3v) is 7.55. The molecule has 154 valence electrons. The van der Waals surface area contributed by atoms with E-state index in [1.165, 1.54) is 4.88 Å². The van der Waals surface area contributed by atoms with E-state index in [-0.39, 0.29) is 11.6 Å². The quantitative estimate of drug-likeness (QED) is 0.545. The van der Waals surface area contributed by atoms with Crippen LogP contribution in [-0.4, -0.2) is 47.1 Å². The average molecular weight is 412 g/mol. The van der Waals surface area contributed by atoms with Crippen LogP contribution in [0.1, 0.15) is 36.1 Å². The van der Waals surface area contributed by atoms with Crippen LogP contribution in [0.2, 0.25) is 0 Å². The zero-order valence-corrected chi connectivity index (χ0v) is 17.8. The number of hydrogen-bond acceptors (Lipinski definition) is 4. The number of thiophene rings is 1. The first-order valence-electron chi connectivity index (χ1n) is 10.2. The number of benzene rings is 1. The maximum absolute atomic E-state index is 12.0. The maximum Gasteiger partial charge on any atom is 0.321 e. The van der Waals surface area contributed by atoms with E-state index in [0.717, 1.165) is 42.1 Å². The molecule has 3 aromatic rings. The number of carboxylic acids is 1. The summed E-state index contributed by atoms with van der Waals surface area (Å²) in [6, 6.07) is 12.1. The van der Waals surface area contributed by atoms with Gasteiger partial charge in [0.2, 0.25) is 0 Å². The number of carbonyl (C=O) groups is 1. The predicted molar refractivity (Wildman–Crippen MR) is 119 cm³/mol. The Morgan fingerprint density at radius 2 is 2.03 bits per heavy atom. The van der Waals surface area contributed by atoms with Crippen molar-refractivity contribution in [2.24, 2.45) is 0 Å². The van der Waals surface area contributed by atoms with Crippen LogP contribution in [0.4, 0.5) is 0 Å². The number of nitrogens with zero attached hydrogens (tertiary/aromatic N) is 1. The Morgan fingerprint density at radius 1 is 1.28 bits per heavy atom. The number of aromatic amines is 1. The second-order valence-electron chi connectivity index (χ2n) is 8.30. The number of aliphatic carboxylic acids is 1. The lowest BCUT2D eigenvalue weighted by molar-refractivity contribution is -0.139. The van der Waals surface area contributed by atoms with Crippen molar-refractivity contribution in [1.82, 2.24) is 15.2 Å². The highest BCUT2D eigenvalue weighted by atomic mass is 32.1. The molecule has 1 saturated carbocycles. The van der Waals surface area contributed by atoms with Crippen LogP contribution < -0.4 is 5.32 Å². The summed E-state index contributed by atoms with van der Waals surface area (Å²) in [5.41, 5.74) is 2.18. The van der Waals surface area contributed by atoms with Crippen molar-refractivity contribution in [3.8, 4) is 0 Å². The average Bonchev–Trinajstić information content (AvgIpc) is 3.39. The van der Waals surface area contributed by atoms with Crippen molar-refractivity contribution in [1.29, 1.82) is 0 Å². The number of carboxylic acid groups (broad SMARTS) is 1. The summed E-state index contributed by atoms with van der Waals surface area (Å²) in [4.78, 5) is 19.0. The Hall–Kier alpha value is -2.15. The van der Waals surface area contributed by atoms with Gasteiger partial charge in [-0.25, -0.2) is 0 Å². The Balaban J connectivity index is 1.44. The lowest BCUT2D eigenvalue weighted by Crippen LogP contribution is -2.51. The Bertz CT molecular complexity index is 956. The third kappa shape index (κ3) is 3.97. The van der Waals surface area contributed by atoms with E-state index >= 15 is 0 Å². The van der Waals surface area contributed by atoms with Gasteiger partial charge in [-0.15, -0.1) is 11.3 Å². The van der Waals surface area contributed by atoms with Crippen LogP contribution in [0, 0.1) is 0 Å². The normalized spacial score (nSPS) is 23.5. The van der Waals surface area contributed by atoms with Crippen LogP contribution in [0.5, 0.6) is 0 Å². The molecule has 0 spiro atoms. The summed E-state index contributed by atoms with van der Waals surface area (Å²) >= 11 is 1.82. The van der Waals surface area contributed by atoms with E-state index in [4.69, 9.17) is 0 Å². The number of para-hydroxylation sites is 1. The van der Waals surface area contributed by atoms with Crippen LogP contribution in [0.15, 0.2) is 48.0 Å². The van der Waals surface area contributed by atoms with E-state index in [9.17, 15) is 9.90 Å². The predicted octanol–water partition coefficient (Wildman–Crippen LogP) is 4.21. The Labute approximate surface area is 175 Å². The number of H-pyrrole nitrogens is 1. The first-order valence-corrected chi connectivity index (χ1v) is 11.1. The minimum atomic E-state index is -0.780. The third-order valence-electron chi connectivity index (χ3n) is 6.48. The topological polar surface area (TPSA) is 68.4 Å². The summed E-state index contributed by atoms with van der Waals surface area (Å²) in [5.74, 6) is -0.780. The summed E-state index contributed by atoms with van der Waals surface area (Å²) in [7, 11) is 4.31. The molecule has 1 atom stereocenters. The van der Waals surface area contributed by atoms with Gasteiger partial charge in [0.15, 0.2) is 0 Å². The molecule has 5 nitrogen and oxygen atoms in total. The van der Waals surface area contributed by atoms with Crippen LogP contribution in [-0.2, 0) is 16.8 Å². The molecule has 3 N–H and O–H groups in total. The summed E-state index contributed by atoms with van der Waals surface area (Å²) < 4.78 is 0. The number of nitrogens with one attached hydrogen (secondary N) is 2. The van der Waals surface area contributed by atoms with E-state index in [1.807, 2.05) is 41.8 Å². The molecule has 29 heavy (non-hydrogen) atoms. The molecular weight excluding hydrogens is 382 g/mol. The minimum Gasteiger partial charge on any atom is -0.480 e. The molecule has 0 aliphatic heterocycles. The molecule has 1 fully saturated rings. The minimum absolute atomic E-state index is 0.0713. The molecule has 1 aromatic carbocycles. The van der Waals surface area contributed by atoms with Gasteiger partial charge in [-0.05, 0) is 62.9 Å². The van der Waals surface area contributed by atoms with Crippen LogP contribution in [0.3, 0.4) is 0 Å². The zero-order chi connectivity index (χ0) is 20.4. The van der Waals surface area contributed by atoms with Gasteiger partial charge in [0.1, 0.15) is 6.04 Å². The molecule has 0 unspecified atom stereocenters. The van der Waals surface area contributed by atoms with Crippen molar-refractivity contribution in [2.75, 3.05) is 14.1 Å². The smallest absolute Gasteiger partial charge is 0.321 e.